The van der Waals surface area contributed by atoms with Crippen LogP contribution >= 0.6 is 0 Å². The number of aromatic nitrogens is 1. The molecular weight excluding hydrogens is 512 g/mol. The molecule has 1 aromatic heterocycles. The van der Waals surface area contributed by atoms with Crippen LogP contribution in [0.5, 0.6) is 0 Å². The van der Waals surface area contributed by atoms with Crippen LogP contribution in [0.15, 0.2) is 66.9 Å². The van der Waals surface area contributed by atoms with Crippen LogP contribution in [0, 0.1) is 5.92 Å². The molecule has 3 aromatic rings. The third-order valence-electron chi connectivity index (χ3n) is 8.90. The van der Waals surface area contributed by atoms with Crippen LogP contribution in [-0.4, -0.2) is 45.0 Å². The summed E-state index contributed by atoms with van der Waals surface area (Å²) in [6.07, 6.45) is 7.15. The summed E-state index contributed by atoms with van der Waals surface area (Å²) in [5.41, 5.74) is 10.4. The van der Waals surface area contributed by atoms with E-state index in [1.165, 1.54) is 0 Å². The smallest absolute Gasteiger partial charge is 0.225 e. The molecule has 0 aliphatic heterocycles. The van der Waals surface area contributed by atoms with E-state index in [4.69, 9.17) is 5.73 Å². The zero-order valence-electron chi connectivity index (χ0n) is 24.4. The molecule has 2 aliphatic rings. The van der Waals surface area contributed by atoms with Gasteiger partial charge in [-0.15, -0.1) is 0 Å². The van der Waals surface area contributed by atoms with Crippen LogP contribution in [0.2, 0.25) is 0 Å². The predicted octanol–water partition coefficient (Wildman–Crippen LogP) is 5.87. The Kier molecular flexibility index (Phi) is 8.30. The maximum absolute atomic E-state index is 13.0. The fourth-order valence-electron chi connectivity index (χ4n) is 6.96. The molecule has 41 heavy (non-hydrogen) atoms. The molecule has 0 bridgehead atoms. The number of carbonyl (C=O) groups is 2. The molecule has 5 rings (SSSR count). The Balaban J connectivity index is 1.29. The maximum atomic E-state index is 13.0. The lowest BCUT2D eigenvalue weighted by atomic mass is 9.63. The number of anilines is 1. The number of nitrogens with zero attached hydrogens (tertiary/aromatic N) is 2. The summed E-state index contributed by atoms with van der Waals surface area (Å²) in [5.74, 6) is 0.952. The Morgan fingerprint density at radius 2 is 1.63 bits per heavy atom. The standard InChI is InChI=1S/C34H42N4O3/c1-4-38(23(2)39)28-16-10-24(11-17-28)18-32(40)37-31-19-29(25-8-6-5-7-9-25)30(20-36-31)26-12-14-27(15-13-26)34(35)21-33(3,41)22-34/h5-9,12-15,19-20,24,28,41H,4,10-11,16-18,21-22,35H2,1-3H3,(H,36,37,40)/t24?,28?,33-,34-. The van der Waals surface area contributed by atoms with Crippen molar-refractivity contribution in [3.63, 3.8) is 0 Å². The van der Waals surface area contributed by atoms with Gasteiger partial charge in [0.05, 0.1) is 5.60 Å². The first kappa shape index (κ1) is 29.0. The first-order valence-electron chi connectivity index (χ1n) is 14.8. The van der Waals surface area contributed by atoms with Gasteiger partial charge >= 0.3 is 0 Å². The average Bonchev–Trinajstić information content (AvgIpc) is 2.93. The summed E-state index contributed by atoms with van der Waals surface area (Å²) in [4.78, 5) is 31.5. The summed E-state index contributed by atoms with van der Waals surface area (Å²) in [6, 6.07) is 20.5. The van der Waals surface area contributed by atoms with E-state index in [1.807, 2.05) is 61.3 Å². The zero-order valence-corrected chi connectivity index (χ0v) is 24.4. The monoisotopic (exact) mass is 554 g/mol. The van der Waals surface area contributed by atoms with Gasteiger partial charge in [-0.3, -0.25) is 9.59 Å². The minimum atomic E-state index is -0.705. The molecule has 0 spiro atoms. The van der Waals surface area contributed by atoms with Gasteiger partial charge in [-0.25, -0.2) is 4.98 Å². The summed E-state index contributed by atoms with van der Waals surface area (Å²) in [6.45, 7) is 6.22. The molecule has 2 aromatic carbocycles. The van der Waals surface area contributed by atoms with Crippen LogP contribution in [0.4, 0.5) is 5.82 Å². The lowest BCUT2D eigenvalue weighted by Gasteiger charge is -2.49. The number of carbonyl (C=O) groups excluding carboxylic acids is 2. The normalized spacial score (nSPS) is 25.7. The number of amides is 2. The van der Waals surface area contributed by atoms with Crippen molar-refractivity contribution in [2.45, 2.75) is 82.9 Å². The second-order valence-electron chi connectivity index (χ2n) is 12.3. The SMILES string of the molecule is CCN(C(C)=O)C1CCC(CC(=O)Nc2cc(-c3ccccc3)c(-c3ccc([C@]4(N)C[C@](C)(O)C4)cc3)cn2)CC1. The number of nitrogens with one attached hydrogen (secondary N) is 1. The van der Waals surface area contributed by atoms with Crippen molar-refractivity contribution in [1.82, 2.24) is 9.88 Å². The Morgan fingerprint density at radius 1 is 1.00 bits per heavy atom. The molecule has 1 heterocycles. The lowest BCUT2D eigenvalue weighted by Crippen LogP contribution is -2.58. The summed E-state index contributed by atoms with van der Waals surface area (Å²) < 4.78 is 0. The number of pyridine rings is 1. The zero-order chi connectivity index (χ0) is 29.2. The summed E-state index contributed by atoms with van der Waals surface area (Å²) in [7, 11) is 0. The molecular formula is C34H42N4O3. The van der Waals surface area contributed by atoms with Crippen molar-refractivity contribution in [1.29, 1.82) is 0 Å². The predicted molar refractivity (Wildman–Crippen MR) is 163 cm³/mol. The van der Waals surface area contributed by atoms with E-state index in [-0.39, 0.29) is 17.9 Å². The van der Waals surface area contributed by atoms with Gasteiger partial charge in [-0.2, -0.15) is 0 Å². The van der Waals surface area contributed by atoms with Crippen molar-refractivity contribution in [3.05, 3.63) is 72.4 Å². The van der Waals surface area contributed by atoms with Gasteiger partial charge in [0.25, 0.3) is 0 Å². The summed E-state index contributed by atoms with van der Waals surface area (Å²) in [5, 5.41) is 13.3. The number of nitrogens with two attached hydrogens (primary N) is 1. The fraction of sp³-hybridized carbons (Fsp3) is 0.441. The fourth-order valence-corrected chi connectivity index (χ4v) is 6.96. The van der Waals surface area contributed by atoms with Gasteiger partial charge in [0.2, 0.25) is 11.8 Å². The quantitative estimate of drug-likeness (QED) is 0.323. The molecule has 7 nitrogen and oxygen atoms in total. The molecule has 0 atom stereocenters. The van der Waals surface area contributed by atoms with Crippen molar-refractivity contribution >= 4 is 17.6 Å². The lowest BCUT2D eigenvalue weighted by molar-refractivity contribution is -0.132. The molecule has 0 saturated heterocycles. The molecule has 0 radical (unpaired) electrons. The highest BCUT2D eigenvalue weighted by Gasteiger charge is 2.49. The summed E-state index contributed by atoms with van der Waals surface area (Å²) >= 11 is 0. The van der Waals surface area contributed by atoms with Crippen molar-refractivity contribution in [3.8, 4) is 22.3 Å². The Bertz CT molecular complexity index is 1370. The van der Waals surface area contributed by atoms with E-state index in [0.717, 1.165) is 60.0 Å². The Hall–Kier alpha value is -3.55. The van der Waals surface area contributed by atoms with E-state index in [0.29, 0.717) is 31.0 Å². The molecule has 7 heteroatoms. The minimum absolute atomic E-state index is 0.0272. The highest BCUT2D eigenvalue weighted by atomic mass is 16.3. The second kappa shape index (κ2) is 11.7. The molecule has 4 N–H and O–H groups in total. The molecule has 2 amide bonds. The van der Waals surface area contributed by atoms with Crippen LogP contribution in [-0.2, 0) is 15.1 Å². The van der Waals surface area contributed by atoms with E-state index >= 15 is 0 Å². The van der Waals surface area contributed by atoms with Crippen molar-refractivity contribution < 1.29 is 14.7 Å². The van der Waals surface area contributed by atoms with Gasteiger partial charge in [0, 0.05) is 43.2 Å². The third-order valence-corrected chi connectivity index (χ3v) is 8.90. The molecule has 216 valence electrons. The highest BCUT2D eigenvalue weighted by Crippen LogP contribution is 2.46. The molecule has 0 unspecified atom stereocenters. The van der Waals surface area contributed by atoms with Crippen molar-refractivity contribution in [2.75, 3.05) is 11.9 Å². The highest BCUT2D eigenvalue weighted by molar-refractivity contribution is 5.92. The van der Waals surface area contributed by atoms with Gasteiger partial charge in [0.1, 0.15) is 5.82 Å². The number of benzene rings is 2. The number of rotatable bonds is 8. The van der Waals surface area contributed by atoms with Crippen LogP contribution in [0.3, 0.4) is 0 Å². The number of hydrogen-bond acceptors (Lipinski definition) is 5. The number of aliphatic hydroxyl groups is 1. The van der Waals surface area contributed by atoms with Gasteiger partial charge in [-0.05, 0) is 86.6 Å². The van der Waals surface area contributed by atoms with E-state index in [9.17, 15) is 14.7 Å². The van der Waals surface area contributed by atoms with Gasteiger partial charge in [0.15, 0.2) is 0 Å². The first-order chi connectivity index (χ1) is 19.6. The maximum Gasteiger partial charge on any atom is 0.225 e. The Morgan fingerprint density at radius 3 is 2.22 bits per heavy atom. The van der Waals surface area contributed by atoms with E-state index < -0.39 is 11.1 Å². The van der Waals surface area contributed by atoms with Gasteiger partial charge in [-0.1, -0.05) is 54.6 Å². The molecule has 2 fully saturated rings. The van der Waals surface area contributed by atoms with Crippen LogP contribution in [0.1, 0.15) is 71.3 Å². The topological polar surface area (TPSA) is 109 Å². The number of hydrogen-bond donors (Lipinski definition) is 3. The Labute approximate surface area is 243 Å². The second-order valence-corrected chi connectivity index (χ2v) is 12.3. The van der Waals surface area contributed by atoms with Crippen molar-refractivity contribution in [2.24, 2.45) is 11.7 Å². The van der Waals surface area contributed by atoms with Gasteiger partial charge < -0.3 is 21.1 Å². The molecule has 2 aliphatic carbocycles. The van der Waals surface area contributed by atoms with Crippen LogP contribution < -0.4 is 11.1 Å². The molecule has 2 saturated carbocycles. The average molecular weight is 555 g/mol. The largest absolute Gasteiger partial charge is 0.390 e. The first-order valence-corrected chi connectivity index (χ1v) is 14.8. The van der Waals surface area contributed by atoms with E-state index in [2.05, 4.69) is 34.6 Å². The third kappa shape index (κ3) is 6.52. The minimum Gasteiger partial charge on any atom is -0.390 e. The van der Waals surface area contributed by atoms with E-state index in [1.54, 1.807) is 6.92 Å². The van der Waals surface area contributed by atoms with Crippen LogP contribution in [0.25, 0.3) is 22.3 Å².